The molecule has 0 saturated heterocycles. The Hall–Kier alpha value is -2.58. The lowest BCUT2D eigenvalue weighted by Gasteiger charge is -2.32. The first-order valence-electron chi connectivity index (χ1n) is 7.06. The molecule has 0 aliphatic rings. The molecular formula is C14H7F9N2O3S. The van der Waals surface area contributed by atoms with Crippen LogP contribution in [0, 0.1) is 0 Å². The number of benzene rings is 1. The van der Waals surface area contributed by atoms with Crippen LogP contribution in [-0.4, -0.2) is 41.7 Å². The first-order valence-corrected chi connectivity index (χ1v) is 8.47. The standard InChI is InChI=1S/C14H7F9N2O3S/c15-11(16,13(19,20)21)12(17,18)14(22,23)29(26,27)28-9-4-2-8(3-5-9)10-24-6-1-7-25-10/h1-7H. The predicted molar refractivity (Wildman–Crippen MR) is 77.9 cm³/mol. The molecule has 1 aromatic heterocycles. The van der Waals surface area contributed by atoms with Crippen molar-refractivity contribution in [1.82, 2.24) is 9.97 Å². The fourth-order valence-electron chi connectivity index (χ4n) is 1.80. The normalized spacial score (nSPS) is 14.0. The number of rotatable bonds is 6. The molecule has 2 aromatic rings. The molecule has 0 aliphatic carbocycles. The van der Waals surface area contributed by atoms with Gasteiger partial charge in [-0.1, -0.05) is 0 Å². The van der Waals surface area contributed by atoms with Gasteiger partial charge in [0.1, 0.15) is 5.75 Å². The summed E-state index contributed by atoms with van der Waals surface area (Å²) >= 11 is 0. The third-order valence-corrected chi connectivity index (χ3v) is 4.61. The Morgan fingerprint density at radius 3 is 1.69 bits per heavy atom. The second-order valence-electron chi connectivity index (χ2n) is 5.30. The average molecular weight is 454 g/mol. The number of halogens is 9. The van der Waals surface area contributed by atoms with Crippen molar-refractivity contribution in [1.29, 1.82) is 0 Å². The third-order valence-electron chi connectivity index (χ3n) is 3.31. The van der Waals surface area contributed by atoms with Crippen LogP contribution in [0.4, 0.5) is 39.5 Å². The molecule has 0 unspecified atom stereocenters. The van der Waals surface area contributed by atoms with Gasteiger partial charge in [-0.3, -0.25) is 0 Å². The first kappa shape index (κ1) is 22.7. The lowest BCUT2D eigenvalue weighted by Crippen LogP contribution is -2.63. The molecule has 5 nitrogen and oxygen atoms in total. The Morgan fingerprint density at radius 1 is 0.759 bits per heavy atom. The van der Waals surface area contributed by atoms with Gasteiger partial charge in [0, 0.05) is 18.0 Å². The van der Waals surface area contributed by atoms with Crippen LogP contribution < -0.4 is 4.18 Å². The molecule has 0 spiro atoms. The maximum Gasteiger partial charge on any atom is 0.460 e. The zero-order valence-electron chi connectivity index (χ0n) is 13.5. The molecule has 29 heavy (non-hydrogen) atoms. The van der Waals surface area contributed by atoms with Gasteiger partial charge in [-0.25, -0.2) is 9.97 Å². The summed E-state index contributed by atoms with van der Waals surface area (Å²) in [5, 5.41) is -6.93. The summed E-state index contributed by atoms with van der Waals surface area (Å²) in [4.78, 5) is 7.59. The highest BCUT2D eigenvalue weighted by Gasteiger charge is 2.86. The maximum atomic E-state index is 13.6. The molecule has 0 N–H and O–H groups in total. The van der Waals surface area contributed by atoms with E-state index in [1.54, 1.807) is 0 Å². The van der Waals surface area contributed by atoms with Gasteiger partial charge < -0.3 is 4.18 Å². The summed E-state index contributed by atoms with van der Waals surface area (Å²) in [7, 11) is -6.99. The van der Waals surface area contributed by atoms with Crippen LogP contribution >= 0.6 is 0 Å². The van der Waals surface area contributed by atoms with Gasteiger partial charge in [0.25, 0.3) is 0 Å². The molecular weight excluding hydrogens is 447 g/mol. The van der Waals surface area contributed by atoms with Gasteiger partial charge >= 0.3 is 33.4 Å². The van der Waals surface area contributed by atoms with Crippen molar-refractivity contribution in [2.75, 3.05) is 0 Å². The minimum Gasteiger partial charge on any atom is -0.378 e. The fraction of sp³-hybridized carbons (Fsp3) is 0.286. The van der Waals surface area contributed by atoms with Crippen LogP contribution in [-0.2, 0) is 10.1 Å². The van der Waals surface area contributed by atoms with Gasteiger partial charge in [-0.2, -0.15) is 47.9 Å². The largest absolute Gasteiger partial charge is 0.460 e. The number of hydrogen-bond acceptors (Lipinski definition) is 5. The molecule has 15 heteroatoms. The predicted octanol–water partition coefficient (Wildman–Crippen LogP) is 4.28. The van der Waals surface area contributed by atoms with Crippen LogP contribution in [0.15, 0.2) is 42.7 Å². The van der Waals surface area contributed by atoms with E-state index in [1.807, 2.05) is 0 Å². The first-order chi connectivity index (χ1) is 13.0. The molecule has 0 atom stereocenters. The number of alkyl halides is 9. The molecule has 1 aromatic carbocycles. The van der Waals surface area contributed by atoms with E-state index in [9.17, 15) is 47.9 Å². The summed E-state index contributed by atoms with van der Waals surface area (Å²) in [6.45, 7) is 0. The van der Waals surface area contributed by atoms with Crippen molar-refractivity contribution in [3.63, 3.8) is 0 Å². The van der Waals surface area contributed by atoms with Gasteiger partial charge in [-0.05, 0) is 30.3 Å². The molecule has 0 radical (unpaired) electrons. The molecule has 0 bridgehead atoms. The quantitative estimate of drug-likeness (QED) is 0.482. The summed E-state index contributed by atoms with van der Waals surface area (Å²) in [6.07, 6.45) is -4.52. The second-order valence-corrected chi connectivity index (χ2v) is 6.89. The molecule has 2 rings (SSSR count). The second kappa shape index (κ2) is 7.03. The Balaban J connectivity index is 2.34. The van der Waals surface area contributed by atoms with Gasteiger partial charge in [-0.15, -0.1) is 0 Å². The Bertz CT molecular complexity index is 962. The van der Waals surface area contributed by atoms with E-state index >= 15 is 0 Å². The zero-order valence-corrected chi connectivity index (χ0v) is 14.3. The van der Waals surface area contributed by atoms with Crippen molar-refractivity contribution in [2.24, 2.45) is 0 Å². The van der Waals surface area contributed by atoms with E-state index in [0.29, 0.717) is 12.1 Å². The molecule has 1 heterocycles. The third kappa shape index (κ3) is 3.82. The maximum absolute atomic E-state index is 13.6. The Kier molecular flexibility index (Phi) is 5.51. The lowest BCUT2D eigenvalue weighted by atomic mass is 10.1. The van der Waals surface area contributed by atoms with Gasteiger partial charge in [0.2, 0.25) is 0 Å². The molecule has 0 fully saturated rings. The van der Waals surface area contributed by atoms with Crippen molar-refractivity contribution < 1.29 is 52.1 Å². The fourth-order valence-corrected chi connectivity index (χ4v) is 2.72. The van der Waals surface area contributed by atoms with E-state index in [1.165, 1.54) is 18.5 Å². The Labute approximate surface area is 156 Å². The van der Waals surface area contributed by atoms with Gasteiger partial charge in [0.05, 0.1) is 0 Å². The smallest absolute Gasteiger partial charge is 0.378 e. The minimum absolute atomic E-state index is 0.0867. The highest BCUT2D eigenvalue weighted by atomic mass is 32.2. The van der Waals surface area contributed by atoms with Crippen LogP contribution in [0.1, 0.15) is 0 Å². The van der Waals surface area contributed by atoms with E-state index in [-0.39, 0.29) is 11.4 Å². The number of nitrogens with zero attached hydrogens (tertiary/aromatic N) is 2. The van der Waals surface area contributed by atoms with Crippen molar-refractivity contribution in [3.05, 3.63) is 42.7 Å². The molecule has 0 saturated carbocycles. The number of aromatic nitrogens is 2. The zero-order chi connectivity index (χ0) is 22.3. The highest BCUT2D eigenvalue weighted by Crippen LogP contribution is 2.54. The molecule has 0 amide bonds. The van der Waals surface area contributed by atoms with E-state index < -0.39 is 39.1 Å². The van der Waals surface area contributed by atoms with Crippen molar-refractivity contribution in [3.8, 4) is 17.1 Å². The average Bonchev–Trinajstić information content (AvgIpc) is 2.61. The molecule has 160 valence electrons. The van der Waals surface area contributed by atoms with Crippen molar-refractivity contribution >= 4 is 10.1 Å². The van der Waals surface area contributed by atoms with Crippen LogP contribution in [0.2, 0.25) is 0 Å². The minimum atomic E-state index is -7.37. The van der Waals surface area contributed by atoms with E-state index in [4.69, 9.17) is 0 Å². The topological polar surface area (TPSA) is 69.2 Å². The molecule has 0 aliphatic heterocycles. The summed E-state index contributed by atoms with van der Waals surface area (Å²) < 4.78 is 142. The van der Waals surface area contributed by atoms with E-state index in [0.717, 1.165) is 12.1 Å². The summed E-state index contributed by atoms with van der Waals surface area (Å²) in [5.74, 6) is -15.7. The highest BCUT2D eigenvalue weighted by molar-refractivity contribution is 7.88. The van der Waals surface area contributed by atoms with Crippen LogP contribution in [0.3, 0.4) is 0 Å². The monoisotopic (exact) mass is 454 g/mol. The summed E-state index contributed by atoms with van der Waals surface area (Å²) in [5.41, 5.74) is 0.191. The number of hydrogen-bond donors (Lipinski definition) is 0. The van der Waals surface area contributed by atoms with Gasteiger partial charge in [0.15, 0.2) is 5.82 Å². The Morgan fingerprint density at radius 2 is 1.24 bits per heavy atom. The van der Waals surface area contributed by atoms with E-state index in [2.05, 4.69) is 14.2 Å². The van der Waals surface area contributed by atoms with Crippen molar-refractivity contribution in [2.45, 2.75) is 23.3 Å². The summed E-state index contributed by atoms with van der Waals surface area (Å²) in [6, 6.07) is 4.76. The SMILES string of the molecule is O=S(=O)(Oc1ccc(-c2ncccn2)cc1)C(F)(F)C(F)(F)C(F)(F)C(F)(F)F. The van der Waals surface area contributed by atoms with Crippen LogP contribution in [0.5, 0.6) is 5.75 Å². The lowest BCUT2D eigenvalue weighted by molar-refractivity contribution is -0.382. The van der Waals surface area contributed by atoms with Crippen LogP contribution in [0.25, 0.3) is 11.4 Å².